The summed E-state index contributed by atoms with van der Waals surface area (Å²) in [6.45, 7) is 1.67. The number of carboxylic acid groups (broad SMARTS) is 1. The number of carboxylic acids is 1. The molecule has 7 rings (SSSR count). The molecule has 2 aliphatic heterocycles. The fourth-order valence-corrected chi connectivity index (χ4v) is 7.69. The first kappa shape index (κ1) is 42.0. The molecule has 20 heteroatoms. The number of aromatic carboxylic acids is 1. The summed E-state index contributed by atoms with van der Waals surface area (Å²) in [6, 6.07) is 16.1. The first-order valence-electron chi connectivity index (χ1n) is 16.8. The molecule has 0 radical (unpaired) electrons. The number of carbonyl (C=O) groups excluding carboxylic acids is 1. The van der Waals surface area contributed by atoms with E-state index in [1.54, 1.807) is 30.3 Å². The molecule has 2 aromatic heterocycles. The van der Waals surface area contributed by atoms with E-state index in [-0.39, 0.29) is 45.1 Å². The zero-order valence-corrected chi connectivity index (χ0v) is 32.3. The van der Waals surface area contributed by atoms with E-state index in [0.29, 0.717) is 52.0 Å². The first-order valence-corrected chi connectivity index (χ1v) is 19.0. The molecule has 296 valence electrons. The molecule has 14 nitrogen and oxygen atoms in total. The van der Waals surface area contributed by atoms with Gasteiger partial charge in [0.1, 0.15) is 29.1 Å². The topological polar surface area (TPSA) is 190 Å². The van der Waals surface area contributed by atoms with Gasteiger partial charge in [-0.15, -0.1) is 20.5 Å². The van der Waals surface area contributed by atoms with Gasteiger partial charge < -0.3 is 14.9 Å². The molecule has 4 heterocycles. The molecule has 5 aromatic rings. The van der Waals surface area contributed by atoms with E-state index in [4.69, 9.17) is 0 Å². The molecular weight excluding hydrogens is 820 g/mol. The first-order chi connectivity index (χ1) is 26.1. The second-order valence-corrected chi connectivity index (χ2v) is 15.2. The van der Waals surface area contributed by atoms with Crippen molar-refractivity contribution in [3.05, 3.63) is 88.6 Å². The number of hydrogen-bond donors (Lipinski definition) is 2. The number of aromatic nitrogens is 2. The van der Waals surface area contributed by atoms with Crippen molar-refractivity contribution >= 4 is 77.6 Å². The predicted molar refractivity (Wildman–Crippen MR) is 200 cm³/mol. The standard InChI is InChI=1S/C19H15F3N4O4S2.C17H18N4O2.Ni/c20-19(21,22)10-26-5-1-2-12-7-14(17(8-15(12)26)32(28,29)30)24-25-18-23-13-4-3-11(9-27)6-16(13)31-18;1-11-5-3-7-16(18-11)20-19-14-9-12-6-4-8-21(2)15(12)10-13(14)17(22)23;/h3-4,6-9H,1-2,5,10H2,(H,28,29,30);3,5,7,9-10H,4,6,8H2,1-2H3,(H,22,23);. The Labute approximate surface area is 332 Å². The van der Waals surface area contributed by atoms with Gasteiger partial charge >= 0.3 is 12.1 Å². The van der Waals surface area contributed by atoms with Crippen molar-refractivity contribution in [3.63, 3.8) is 0 Å². The number of hydrogen-bond acceptors (Lipinski definition) is 13. The Hall–Kier alpha value is -5.17. The van der Waals surface area contributed by atoms with Crippen molar-refractivity contribution in [3.8, 4) is 0 Å². The van der Waals surface area contributed by atoms with Crippen molar-refractivity contribution in [2.75, 3.05) is 36.5 Å². The zero-order chi connectivity index (χ0) is 39.5. The van der Waals surface area contributed by atoms with Crippen LogP contribution in [-0.2, 0) is 39.5 Å². The molecule has 0 unspecified atom stereocenters. The van der Waals surface area contributed by atoms with Gasteiger partial charge in [0, 0.05) is 59.3 Å². The van der Waals surface area contributed by atoms with Crippen molar-refractivity contribution in [1.29, 1.82) is 0 Å². The van der Waals surface area contributed by atoms with Crippen molar-refractivity contribution < 1.29 is 57.3 Å². The fourth-order valence-electron chi connectivity index (χ4n) is 6.23. The Morgan fingerprint density at radius 2 is 1.62 bits per heavy atom. The number of anilines is 2. The van der Waals surface area contributed by atoms with E-state index in [1.807, 2.05) is 32.2 Å². The monoisotopic (exact) mass is 852 g/mol. The summed E-state index contributed by atoms with van der Waals surface area (Å²) in [4.78, 5) is 33.4. The number of fused-ring (bicyclic) bond motifs is 3. The number of benzene rings is 3. The molecule has 2 N–H and O–H groups in total. The second kappa shape index (κ2) is 17.3. The fraction of sp³-hybridized carbons (Fsp3) is 0.278. The van der Waals surface area contributed by atoms with Crippen LogP contribution >= 0.6 is 11.3 Å². The minimum Gasteiger partial charge on any atom is -0.478 e. The van der Waals surface area contributed by atoms with Crippen LogP contribution in [0.15, 0.2) is 86.0 Å². The molecule has 0 fully saturated rings. The molecule has 0 atom stereocenters. The Morgan fingerprint density at radius 1 is 0.929 bits per heavy atom. The minimum absolute atomic E-state index is 0. The third kappa shape index (κ3) is 10.2. The normalized spacial score (nSPS) is 14.2. The molecule has 0 bridgehead atoms. The number of azo groups is 2. The van der Waals surface area contributed by atoms with Gasteiger partial charge in [0.05, 0.1) is 15.8 Å². The Kier molecular flexibility index (Phi) is 13.0. The molecule has 0 saturated carbocycles. The van der Waals surface area contributed by atoms with Gasteiger partial charge in [0.15, 0.2) is 5.82 Å². The molecule has 56 heavy (non-hydrogen) atoms. The van der Waals surface area contributed by atoms with Crippen molar-refractivity contribution in [1.82, 2.24) is 9.97 Å². The maximum Gasteiger partial charge on any atom is 0.405 e. The number of aryl methyl sites for hydroxylation is 3. The summed E-state index contributed by atoms with van der Waals surface area (Å²) in [5, 5.41) is 25.7. The van der Waals surface area contributed by atoms with E-state index in [0.717, 1.165) is 58.6 Å². The van der Waals surface area contributed by atoms with Gasteiger partial charge in [-0.25, -0.2) is 14.8 Å². The summed E-state index contributed by atoms with van der Waals surface area (Å²) < 4.78 is 72.9. The van der Waals surface area contributed by atoms with Crippen LogP contribution < -0.4 is 9.80 Å². The van der Waals surface area contributed by atoms with Crippen LogP contribution in [0.25, 0.3) is 10.2 Å². The number of carbonyl (C=O) groups is 2. The quantitative estimate of drug-likeness (QED) is 0.0659. The predicted octanol–water partition coefficient (Wildman–Crippen LogP) is 8.97. The van der Waals surface area contributed by atoms with Crippen LogP contribution in [0.5, 0.6) is 0 Å². The van der Waals surface area contributed by atoms with Crippen LogP contribution in [0.2, 0.25) is 0 Å². The molecule has 0 spiro atoms. The minimum atomic E-state index is -4.79. The van der Waals surface area contributed by atoms with E-state index in [1.165, 1.54) is 6.07 Å². The molecular formula is C36H33F3N8NiO6S2. The smallest absolute Gasteiger partial charge is 0.405 e. The average Bonchev–Trinajstić information content (AvgIpc) is 3.54. The summed E-state index contributed by atoms with van der Waals surface area (Å²) >= 11 is 1.12. The molecule has 2 aliphatic rings. The van der Waals surface area contributed by atoms with Crippen LogP contribution in [0, 0.1) is 6.92 Å². The summed E-state index contributed by atoms with van der Waals surface area (Å²) in [5.74, 6) is -0.533. The van der Waals surface area contributed by atoms with Crippen molar-refractivity contribution in [2.24, 2.45) is 20.5 Å². The third-order valence-corrected chi connectivity index (χ3v) is 10.5. The van der Waals surface area contributed by atoms with Crippen LogP contribution in [0.3, 0.4) is 0 Å². The summed E-state index contributed by atoms with van der Waals surface area (Å²) in [5.41, 5.74) is 4.82. The van der Waals surface area contributed by atoms with Gasteiger partial charge in [0.2, 0.25) is 5.13 Å². The SMILES string of the molecule is Cc1cccc(N=Nc2cc3c(cc2C(=O)O)N(C)CCC3)n1.O=Cc1ccc2nc(N=Nc3cc4c(cc3S(=O)(=O)O)N(CC(F)(F)F)CCC4)sc2c1.[Ni]. The second-order valence-electron chi connectivity index (χ2n) is 12.8. The number of pyridine rings is 1. The van der Waals surface area contributed by atoms with E-state index < -0.39 is 33.7 Å². The Bertz CT molecular complexity index is 2460. The van der Waals surface area contributed by atoms with E-state index in [2.05, 4.69) is 35.3 Å². The largest absolute Gasteiger partial charge is 0.478 e. The molecule has 0 saturated heterocycles. The van der Waals surface area contributed by atoms with E-state index >= 15 is 0 Å². The van der Waals surface area contributed by atoms with Crippen LogP contribution in [0.1, 0.15) is 50.4 Å². The number of alkyl halides is 3. The molecule has 0 amide bonds. The summed E-state index contributed by atoms with van der Waals surface area (Å²) in [6.07, 6.45) is -0.943. The van der Waals surface area contributed by atoms with Crippen LogP contribution in [0.4, 0.5) is 46.9 Å². The molecule has 0 aliphatic carbocycles. The van der Waals surface area contributed by atoms with Crippen LogP contribution in [-0.4, -0.2) is 73.2 Å². The van der Waals surface area contributed by atoms with Gasteiger partial charge in [-0.1, -0.05) is 17.4 Å². The maximum absolute atomic E-state index is 12.9. The van der Waals surface area contributed by atoms with E-state index in [9.17, 15) is 40.8 Å². The number of nitrogens with zero attached hydrogens (tertiary/aromatic N) is 8. The Morgan fingerprint density at radius 3 is 2.30 bits per heavy atom. The maximum atomic E-state index is 12.9. The van der Waals surface area contributed by atoms with Gasteiger partial charge in [0.25, 0.3) is 10.1 Å². The number of rotatable bonds is 8. The van der Waals surface area contributed by atoms with Gasteiger partial charge in [-0.05, 0) is 98.3 Å². The number of halogens is 3. The number of thiazole rings is 1. The van der Waals surface area contributed by atoms with Gasteiger partial charge in [-0.2, -0.15) is 21.6 Å². The van der Waals surface area contributed by atoms with Crippen molar-refractivity contribution in [2.45, 2.75) is 43.7 Å². The zero-order valence-electron chi connectivity index (χ0n) is 29.7. The number of aldehydes is 1. The van der Waals surface area contributed by atoms with Gasteiger partial charge in [-0.3, -0.25) is 9.35 Å². The summed E-state index contributed by atoms with van der Waals surface area (Å²) in [7, 11) is -2.82. The Balaban J connectivity index is 0.000000222. The average molecular weight is 854 g/mol. The molecule has 3 aromatic carbocycles. The third-order valence-electron chi connectivity index (χ3n) is 8.72.